The van der Waals surface area contributed by atoms with Crippen LogP contribution in [0.5, 0.6) is 0 Å². The highest BCUT2D eigenvalue weighted by atomic mass is 16.2. The van der Waals surface area contributed by atoms with Crippen molar-refractivity contribution in [3.63, 3.8) is 0 Å². The zero-order chi connectivity index (χ0) is 23.2. The number of aryl methyl sites for hydroxylation is 1. The van der Waals surface area contributed by atoms with E-state index in [0.29, 0.717) is 32.6 Å². The number of pyridine rings is 1. The molecule has 0 aliphatic carbocycles. The third-order valence-electron chi connectivity index (χ3n) is 5.97. The molecule has 0 radical (unpaired) electrons. The van der Waals surface area contributed by atoms with Crippen molar-refractivity contribution in [2.45, 2.75) is 33.2 Å². The van der Waals surface area contributed by atoms with Crippen molar-refractivity contribution in [3.05, 3.63) is 66.2 Å². The van der Waals surface area contributed by atoms with Crippen molar-refractivity contribution in [2.75, 3.05) is 26.2 Å². The number of rotatable bonds is 7. The summed E-state index contributed by atoms with van der Waals surface area (Å²) in [6.07, 6.45) is 6.84. The minimum absolute atomic E-state index is 0.0389. The molecule has 1 aliphatic rings. The number of carbonyl (C=O) groups is 2. The van der Waals surface area contributed by atoms with Gasteiger partial charge in [0.15, 0.2) is 0 Å². The number of carbonyl (C=O) groups excluding carboxylic acids is 2. The van der Waals surface area contributed by atoms with E-state index in [4.69, 9.17) is 0 Å². The van der Waals surface area contributed by atoms with Crippen molar-refractivity contribution in [1.29, 1.82) is 0 Å². The molecule has 2 amide bonds. The second-order valence-electron chi connectivity index (χ2n) is 8.56. The Hall–Kier alpha value is -3.55. The van der Waals surface area contributed by atoms with Crippen molar-refractivity contribution < 1.29 is 9.59 Å². The van der Waals surface area contributed by atoms with E-state index in [0.717, 1.165) is 28.8 Å². The average Bonchev–Trinajstić information content (AvgIpc) is 3.17. The Morgan fingerprint density at radius 3 is 2.61 bits per heavy atom. The molecular formula is C25H30N6O2. The van der Waals surface area contributed by atoms with Crippen LogP contribution in [0.4, 0.5) is 0 Å². The maximum absolute atomic E-state index is 13.3. The summed E-state index contributed by atoms with van der Waals surface area (Å²) in [6.45, 7) is 6.27. The number of hydrogen-bond acceptors (Lipinski definition) is 5. The number of amides is 2. The van der Waals surface area contributed by atoms with Crippen LogP contribution in [-0.4, -0.2) is 67.8 Å². The topological polar surface area (TPSA) is 84.2 Å². The smallest absolute Gasteiger partial charge is 0.244 e. The molecule has 1 aromatic carbocycles. The Balaban J connectivity index is 1.49. The Kier molecular flexibility index (Phi) is 7.12. The number of hydrogen-bond donors (Lipinski definition) is 0. The first kappa shape index (κ1) is 22.6. The molecule has 0 saturated carbocycles. The fraction of sp³-hybridized carbons (Fsp3) is 0.400. The maximum atomic E-state index is 13.3. The summed E-state index contributed by atoms with van der Waals surface area (Å²) in [4.78, 5) is 34.2. The normalized spacial score (nSPS) is 16.7. The lowest BCUT2D eigenvalue weighted by Crippen LogP contribution is -2.39. The lowest BCUT2D eigenvalue weighted by Gasteiger charge is -2.24. The molecule has 172 valence electrons. The highest BCUT2D eigenvalue weighted by Gasteiger charge is 2.32. The Bertz CT molecular complexity index is 1080. The van der Waals surface area contributed by atoms with Crippen molar-refractivity contribution in [1.82, 2.24) is 29.8 Å². The van der Waals surface area contributed by atoms with Crippen LogP contribution in [-0.2, 0) is 22.6 Å². The van der Waals surface area contributed by atoms with Gasteiger partial charge in [0.25, 0.3) is 0 Å². The summed E-state index contributed by atoms with van der Waals surface area (Å²) in [7, 11) is 0. The van der Waals surface area contributed by atoms with Gasteiger partial charge in [0.1, 0.15) is 6.54 Å². The van der Waals surface area contributed by atoms with Gasteiger partial charge in [0, 0.05) is 44.8 Å². The summed E-state index contributed by atoms with van der Waals surface area (Å²) in [5.74, 6) is -0.187. The minimum Gasteiger partial charge on any atom is -0.341 e. The Labute approximate surface area is 194 Å². The van der Waals surface area contributed by atoms with Gasteiger partial charge in [-0.15, -0.1) is 5.10 Å². The van der Waals surface area contributed by atoms with Gasteiger partial charge in [0.05, 0.1) is 11.6 Å². The van der Waals surface area contributed by atoms with E-state index in [2.05, 4.69) is 46.5 Å². The van der Waals surface area contributed by atoms with Crippen LogP contribution in [0, 0.1) is 12.8 Å². The molecule has 0 bridgehead atoms. The summed E-state index contributed by atoms with van der Waals surface area (Å²) >= 11 is 0. The highest BCUT2D eigenvalue weighted by Crippen LogP contribution is 2.22. The van der Waals surface area contributed by atoms with Crippen LogP contribution in [0.3, 0.4) is 0 Å². The molecular weight excluding hydrogens is 416 g/mol. The standard InChI is InChI=1S/C25H30N6O2/c1-3-11-29-12-13-30(24(32)18-31-16-19(2)27-28-31)17-23(25(29)33)14-20-6-8-21(9-7-20)22-5-4-10-26-15-22/h4-10,15-16,23H,3,11-14,17-18H2,1-2H3. The first-order valence-corrected chi connectivity index (χ1v) is 11.5. The lowest BCUT2D eigenvalue weighted by atomic mass is 9.96. The van der Waals surface area contributed by atoms with Gasteiger partial charge in [0.2, 0.25) is 11.8 Å². The molecule has 8 heteroatoms. The van der Waals surface area contributed by atoms with Gasteiger partial charge >= 0.3 is 0 Å². The molecule has 33 heavy (non-hydrogen) atoms. The summed E-state index contributed by atoms with van der Waals surface area (Å²) < 4.78 is 1.56. The van der Waals surface area contributed by atoms with Gasteiger partial charge in [-0.25, -0.2) is 4.68 Å². The van der Waals surface area contributed by atoms with Crippen LogP contribution in [0.15, 0.2) is 55.0 Å². The van der Waals surface area contributed by atoms with Crippen LogP contribution in [0.2, 0.25) is 0 Å². The predicted molar refractivity (Wildman–Crippen MR) is 125 cm³/mol. The van der Waals surface area contributed by atoms with E-state index in [-0.39, 0.29) is 24.3 Å². The van der Waals surface area contributed by atoms with Gasteiger partial charge in [-0.3, -0.25) is 14.6 Å². The number of aromatic nitrogens is 4. The molecule has 4 rings (SSSR count). The molecule has 0 spiro atoms. The molecule has 1 atom stereocenters. The zero-order valence-corrected chi connectivity index (χ0v) is 19.2. The van der Waals surface area contributed by atoms with E-state index in [9.17, 15) is 9.59 Å². The SMILES string of the molecule is CCCN1CCN(C(=O)Cn2cc(C)nn2)CC(Cc2ccc(-c3cccnc3)cc2)C1=O. The summed E-state index contributed by atoms with van der Waals surface area (Å²) in [5.41, 5.74) is 4.00. The predicted octanol–water partition coefficient (Wildman–Crippen LogP) is 2.59. The molecule has 3 heterocycles. The molecule has 2 aromatic heterocycles. The van der Waals surface area contributed by atoms with E-state index in [1.165, 1.54) is 0 Å². The molecule has 1 saturated heterocycles. The maximum Gasteiger partial charge on any atom is 0.244 e. The molecule has 8 nitrogen and oxygen atoms in total. The van der Waals surface area contributed by atoms with Crippen LogP contribution >= 0.6 is 0 Å². The quantitative estimate of drug-likeness (QED) is 0.557. The molecule has 1 fully saturated rings. The van der Waals surface area contributed by atoms with Gasteiger partial charge in [-0.05, 0) is 42.5 Å². The van der Waals surface area contributed by atoms with E-state index in [1.54, 1.807) is 22.0 Å². The highest BCUT2D eigenvalue weighted by molar-refractivity contribution is 5.82. The first-order valence-electron chi connectivity index (χ1n) is 11.5. The molecule has 1 aliphatic heterocycles. The zero-order valence-electron chi connectivity index (χ0n) is 19.2. The summed E-state index contributed by atoms with van der Waals surface area (Å²) in [6, 6.07) is 12.2. The largest absolute Gasteiger partial charge is 0.341 e. The monoisotopic (exact) mass is 446 g/mol. The van der Waals surface area contributed by atoms with Gasteiger partial charge in [-0.2, -0.15) is 0 Å². The summed E-state index contributed by atoms with van der Waals surface area (Å²) in [5, 5.41) is 7.95. The minimum atomic E-state index is -0.273. The Morgan fingerprint density at radius 2 is 1.94 bits per heavy atom. The van der Waals surface area contributed by atoms with E-state index in [1.807, 2.05) is 30.2 Å². The van der Waals surface area contributed by atoms with Gasteiger partial charge in [-0.1, -0.05) is 42.5 Å². The number of benzene rings is 1. The second-order valence-corrected chi connectivity index (χ2v) is 8.56. The van der Waals surface area contributed by atoms with Crippen LogP contribution in [0.25, 0.3) is 11.1 Å². The third-order valence-corrected chi connectivity index (χ3v) is 5.97. The van der Waals surface area contributed by atoms with Crippen LogP contribution in [0.1, 0.15) is 24.6 Å². The second kappa shape index (κ2) is 10.4. The molecule has 1 unspecified atom stereocenters. The molecule has 3 aromatic rings. The third kappa shape index (κ3) is 5.63. The van der Waals surface area contributed by atoms with Crippen molar-refractivity contribution in [3.8, 4) is 11.1 Å². The Morgan fingerprint density at radius 1 is 1.12 bits per heavy atom. The lowest BCUT2D eigenvalue weighted by molar-refractivity contribution is -0.135. The fourth-order valence-electron chi connectivity index (χ4n) is 4.28. The van der Waals surface area contributed by atoms with Crippen molar-refractivity contribution in [2.24, 2.45) is 5.92 Å². The van der Waals surface area contributed by atoms with Gasteiger partial charge < -0.3 is 9.80 Å². The van der Waals surface area contributed by atoms with E-state index >= 15 is 0 Å². The first-order chi connectivity index (χ1) is 16.0. The fourth-order valence-corrected chi connectivity index (χ4v) is 4.28. The molecule has 0 N–H and O–H groups in total. The average molecular weight is 447 g/mol. The number of nitrogens with zero attached hydrogens (tertiary/aromatic N) is 6. The van der Waals surface area contributed by atoms with E-state index < -0.39 is 0 Å². The van der Waals surface area contributed by atoms with Crippen LogP contribution < -0.4 is 0 Å². The van der Waals surface area contributed by atoms with Crippen molar-refractivity contribution >= 4 is 11.8 Å².